The van der Waals surface area contributed by atoms with Gasteiger partial charge in [0.1, 0.15) is 0 Å². The zero-order chi connectivity index (χ0) is 16.9. The number of anilines is 1. The molecule has 0 spiro atoms. The van der Waals surface area contributed by atoms with E-state index in [1.165, 1.54) is 5.56 Å². The van der Waals surface area contributed by atoms with Gasteiger partial charge in [-0.05, 0) is 52.5 Å². The van der Waals surface area contributed by atoms with Gasteiger partial charge in [-0.15, -0.1) is 0 Å². The summed E-state index contributed by atoms with van der Waals surface area (Å²) in [7, 11) is 0. The number of piperidine rings is 1. The summed E-state index contributed by atoms with van der Waals surface area (Å²) in [6.45, 7) is 3.20. The molecule has 0 aromatic heterocycles. The van der Waals surface area contributed by atoms with Crippen molar-refractivity contribution in [3.63, 3.8) is 0 Å². The summed E-state index contributed by atoms with van der Waals surface area (Å²) in [5.74, 6) is -0.414. The number of hydrogen-bond acceptors (Lipinski definition) is 3. The molecule has 0 saturated carbocycles. The van der Waals surface area contributed by atoms with Crippen LogP contribution in [-0.2, 0) is 6.54 Å². The van der Waals surface area contributed by atoms with Crippen molar-refractivity contribution in [2.75, 3.05) is 18.4 Å². The van der Waals surface area contributed by atoms with Crippen LogP contribution in [0.1, 0.15) is 28.8 Å². The topological polar surface area (TPSA) is 58.4 Å². The lowest BCUT2D eigenvalue weighted by molar-refractivity contribution is 0.0999. The van der Waals surface area contributed by atoms with Crippen molar-refractivity contribution in [3.05, 3.63) is 64.1 Å². The molecule has 0 atom stereocenters. The van der Waals surface area contributed by atoms with Crippen molar-refractivity contribution >= 4 is 27.5 Å². The van der Waals surface area contributed by atoms with Crippen LogP contribution in [0.5, 0.6) is 0 Å². The van der Waals surface area contributed by atoms with E-state index < -0.39 is 5.91 Å². The summed E-state index contributed by atoms with van der Waals surface area (Å²) in [6, 6.07) is 16.7. The van der Waals surface area contributed by atoms with Gasteiger partial charge >= 0.3 is 0 Å². The molecule has 1 fully saturated rings. The third kappa shape index (κ3) is 4.36. The minimum Gasteiger partial charge on any atom is -0.382 e. The number of nitrogens with two attached hydrogens (primary N) is 1. The van der Waals surface area contributed by atoms with Gasteiger partial charge in [0.25, 0.3) is 0 Å². The van der Waals surface area contributed by atoms with E-state index >= 15 is 0 Å². The minimum atomic E-state index is -0.414. The average molecular weight is 388 g/mol. The van der Waals surface area contributed by atoms with Crippen LogP contribution in [0.3, 0.4) is 0 Å². The molecule has 3 rings (SSSR count). The number of carbonyl (C=O) groups is 1. The molecule has 1 heterocycles. The molecule has 1 aliphatic heterocycles. The molecule has 24 heavy (non-hydrogen) atoms. The third-order valence-corrected chi connectivity index (χ3v) is 5.10. The molecule has 0 radical (unpaired) electrons. The number of benzene rings is 2. The Kier molecular flexibility index (Phi) is 5.53. The summed E-state index contributed by atoms with van der Waals surface area (Å²) >= 11 is 3.41. The first kappa shape index (κ1) is 17.0. The molecular weight excluding hydrogens is 366 g/mol. The Morgan fingerprint density at radius 3 is 2.50 bits per heavy atom. The van der Waals surface area contributed by atoms with Crippen molar-refractivity contribution in [3.8, 4) is 0 Å². The molecule has 2 aromatic rings. The van der Waals surface area contributed by atoms with Crippen LogP contribution in [0.2, 0.25) is 0 Å². The molecule has 126 valence electrons. The summed E-state index contributed by atoms with van der Waals surface area (Å²) in [4.78, 5) is 13.8. The molecule has 4 nitrogen and oxygen atoms in total. The van der Waals surface area contributed by atoms with Gasteiger partial charge in [-0.25, -0.2) is 0 Å². The molecule has 0 aliphatic carbocycles. The normalized spacial score (nSPS) is 16.0. The quantitative estimate of drug-likeness (QED) is 0.823. The van der Waals surface area contributed by atoms with Crippen LogP contribution >= 0.6 is 15.9 Å². The van der Waals surface area contributed by atoms with Gasteiger partial charge in [-0.2, -0.15) is 0 Å². The zero-order valence-corrected chi connectivity index (χ0v) is 15.1. The fourth-order valence-corrected chi connectivity index (χ4v) is 3.69. The van der Waals surface area contributed by atoms with Crippen LogP contribution in [0.4, 0.5) is 5.69 Å². The number of hydrogen-bond donors (Lipinski definition) is 2. The number of carbonyl (C=O) groups excluding carboxylic acids is 1. The lowest BCUT2D eigenvalue weighted by atomic mass is 10.0. The Morgan fingerprint density at radius 1 is 1.17 bits per heavy atom. The van der Waals surface area contributed by atoms with Gasteiger partial charge in [-0.1, -0.05) is 30.3 Å². The van der Waals surface area contributed by atoms with E-state index in [0.29, 0.717) is 11.6 Å². The monoisotopic (exact) mass is 387 g/mol. The van der Waals surface area contributed by atoms with Gasteiger partial charge in [0.2, 0.25) is 5.91 Å². The first-order chi connectivity index (χ1) is 11.6. The number of primary amides is 1. The number of likely N-dealkylation sites (tertiary alicyclic amines) is 1. The SMILES string of the molecule is NC(=O)c1ccc(NC2CCN(Cc3ccccc3)CC2)cc1Br. The highest BCUT2D eigenvalue weighted by Crippen LogP contribution is 2.24. The van der Waals surface area contributed by atoms with Gasteiger partial charge in [0.15, 0.2) is 0 Å². The van der Waals surface area contributed by atoms with E-state index in [-0.39, 0.29) is 0 Å². The van der Waals surface area contributed by atoms with E-state index in [0.717, 1.165) is 42.6 Å². The predicted octanol–water partition coefficient (Wildman–Crippen LogP) is 3.62. The highest BCUT2D eigenvalue weighted by Gasteiger charge is 2.19. The largest absolute Gasteiger partial charge is 0.382 e. The van der Waals surface area contributed by atoms with E-state index in [1.807, 2.05) is 12.1 Å². The number of nitrogens with zero attached hydrogens (tertiary/aromatic N) is 1. The van der Waals surface area contributed by atoms with Gasteiger partial charge in [-0.3, -0.25) is 9.69 Å². The van der Waals surface area contributed by atoms with Crippen molar-refractivity contribution in [1.82, 2.24) is 4.90 Å². The van der Waals surface area contributed by atoms with Crippen LogP contribution in [-0.4, -0.2) is 29.9 Å². The number of nitrogens with one attached hydrogen (secondary N) is 1. The van der Waals surface area contributed by atoms with E-state index in [4.69, 9.17) is 5.73 Å². The smallest absolute Gasteiger partial charge is 0.249 e. The lowest BCUT2D eigenvalue weighted by Crippen LogP contribution is -2.38. The Hall–Kier alpha value is -1.85. The summed E-state index contributed by atoms with van der Waals surface area (Å²) in [5.41, 5.74) is 8.24. The standard InChI is InChI=1S/C19H22BrN3O/c20-18-12-16(6-7-17(18)19(21)24)22-15-8-10-23(11-9-15)13-14-4-2-1-3-5-14/h1-7,12,15,22H,8-11,13H2,(H2,21,24). The zero-order valence-electron chi connectivity index (χ0n) is 13.5. The van der Waals surface area contributed by atoms with Crippen LogP contribution in [0.25, 0.3) is 0 Å². The fourth-order valence-electron chi connectivity index (χ4n) is 3.12. The third-order valence-electron chi connectivity index (χ3n) is 4.44. The van der Waals surface area contributed by atoms with Crippen molar-refractivity contribution in [1.29, 1.82) is 0 Å². The lowest BCUT2D eigenvalue weighted by Gasteiger charge is -2.33. The second-order valence-corrected chi connectivity index (χ2v) is 7.09. The van der Waals surface area contributed by atoms with E-state index in [2.05, 4.69) is 56.5 Å². The molecular formula is C19H22BrN3O. The first-order valence-electron chi connectivity index (χ1n) is 8.24. The van der Waals surface area contributed by atoms with Crippen molar-refractivity contribution in [2.45, 2.75) is 25.4 Å². The molecule has 0 bridgehead atoms. The predicted molar refractivity (Wildman–Crippen MR) is 101 cm³/mol. The molecule has 5 heteroatoms. The van der Waals surface area contributed by atoms with Crippen LogP contribution < -0.4 is 11.1 Å². The summed E-state index contributed by atoms with van der Waals surface area (Å²) in [5, 5.41) is 3.56. The number of rotatable bonds is 5. The maximum absolute atomic E-state index is 11.3. The molecule has 1 saturated heterocycles. The van der Waals surface area contributed by atoms with E-state index in [1.54, 1.807) is 6.07 Å². The first-order valence-corrected chi connectivity index (χ1v) is 9.03. The van der Waals surface area contributed by atoms with Gasteiger partial charge in [0.05, 0.1) is 5.56 Å². The average Bonchev–Trinajstić information content (AvgIpc) is 2.57. The van der Waals surface area contributed by atoms with Gasteiger partial charge in [0, 0.05) is 35.8 Å². The molecule has 2 aromatic carbocycles. The molecule has 1 aliphatic rings. The Morgan fingerprint density at radius 2 is 1.88 bits per heavy atom. The Balaban J connectivity index is 1.52. The fraction of sp³-hybridized carbons (Fsp3) is 0.316. The van der Waals surface area contributed by atoms with Crippen molar-refractivity contribution in [2.24, 2.45) is 5.73 Å². The van der Waals surface area contributed by atoms with Crippen molar-refractivity contribution < 1.29 is 4.79 Å². The Labute approximate surface area is 151 Å². The maximum atomic E-state index is 11.3. The molecule has 0 unspecified atom stereocenters. The maximum Gasteiger partial charge on any atom is 0.249 e. The second kappa shape index (κ2) is 7.81. The Bertz CT molecular complexity index is 697. The second-order valence-electron chi connectivity index (χ2n) is 6.24. The van der Waals surface area contributed by atoms with Gasteiger partial charge < -0.3 is 11.1 Å². The number of amides is 1. The highest BCUT2D eigenvalue weighted by atomic mass is 79.9. The molecule has 3 N–H and O–H groups in total. The van der Waals surface area contributed by atoms with Crippen LogP contribution in [0, 0.1) is 0 Å². The van der Waals surface area contributed by atoms with Crippen LogP contribution in [0.15, 0.2) is 53.0 Å². The highest BCUT2D eigenvalue weighted by molar-refractivity contribution is 9.10. The number of halogens is 1. The molecule has 1 amide bonds. The summed E-state index contributed by atoms with van der Waals surface area (Å²) in [6.07, 6.45) is 2.23. The minimum absolute atomic E-state index is 0.414. The summed E-state index contributed by atoms with van der Waals surface area (Å²) < 4.78 is 0.738. The van der Waals surface area contributed by atoms with E-state index in [9.17, 15) is 4.79 Å².